The third-order valence-corrected chi connectivity index (χ3v) is 3.09. The summed E-state index contributed by atoms with van der Waals surface area (Å²) >= 11 is 2.20. The minimum atomic E-state index is -0.915. The Labute approximate surface area is 119 Å². The first-order chi connectivity index (χ1) is 8.52. The van der Waals surface area contributed by atoms with E-state index in [1.54, 1.807) is 0 Å². The quantitative estimate of drug-likeness (QED) is 0.325. The predicted octanol–water partition coefficient (Wildman–Crippen LogP) is 0.122. The highest BCUT2D eigenvalue weighted by atomic mass is 127. The Morgan fingerprint density at radius 2 is 2.06 bits per heavy atom. The number of hydrogen-bond donors (Lipinski definition) is 4. The third kappa shape index (κ3) is 5.17. The number of aliphatic hydroxyl groups is 1. The lowest BCUT2D eigenvalue weighted by atomic mass is 10.0. The summed E-state index contributed by atoms with van der Waals surface area (Å²) in [6, 6.07) is 7.68. The summed E-state index contributed by atoms with van der Waals surface area (Å²) in [6.45, 7) is 0.113. The van der Waals surface area contributed by atoms with E-state index in [0.717, 1.165) is 9.13 Å². The van der Waals surface area contributed by atoms with Crippen LogP contribution in [-0.2, 0) is 11.2 Å². The molecule has 6 nitrogen and oxygen atoms in total. The van der Waals surface area contributed by atoms with Gasteiger partial charge in [-0.1, -0.05) is 12.1 Å². The number of amides is 1. The van der Waals surface area contributed by atoms with Crippen molar-refractivity contribution in [1.82, 2.24) is 5.43 Å². The molecule has 0 spiro atoms. The molecule has 0 unspecified atom stereocenters. The van der Waals surface area contributed by atoms with Gasteiger partial charge in [-0.05, 0) is 40.3 Å². The molecule has 0 saturated heterocycles. The first kappa shape index (κ1) is 15.2. The molecule has 0 fully saturated rings. The van der Waals surface area contributed by atoms with Crippen LogP contribution in [0.25, 0.3) is 0 Å². The van der Waals surface area contributed by atoms with Gasteiger partial charge in [0.25, 0.3) is 0 Å². The Hall–Kier alpha value is -0.900. The van der Waals surface area contributed by atoms with Crippen molar-refractivity contribution in [3.8, 4) is 0 Å². The van der Waals surface area contributed by atoms with Crippen LogP contribution in [0.5, 0.6) is 0 Å². The molecule has 0 bridgehead atoms. The number of carbonyl (C=O) groups is 1. The summed E-state index contributed by atoms with van der Waals surface area (Å²) in [7, 11) is 0. The fourth-order valence-corrected chi connectivity index (χ4v) is 1.87. The molecule has 1 aromatic carbocycles. The zero-order chi connectivity index (χ0) is 13.5. The molecular formula is C11H16IN3O3. The van der Waals surface area contributed by atoms with Crippen LogP contribution in [0.2, 0.25) is 0 Å². The van der Waals surface area contributed by atoms with Gasteiger partial charge in [-0.15, -0.1) is 0 Å². The van der Waals surface area contributed by atoms with Gasteiger partial charge in [0.05, 0.1) is 0 Å². The number of halogens is 1. The van der Waals surface area contributed by atoms with Crippen LogP contribution in [0.1, 0.15) is 5.56 Å². The summed E-state index contributed by atoms with van der Waals surface area (Å²) in [5, 5.41) is 9.80. The topological polar surface area (TPSA) is 111 Å². The maximum Gasteiger partial charge on any atom is 0.404 e. The Morgan fingerprint density at radius 1 is 1.44 bits per heavy atom. The molecule has 0 aliphatic rings. The van der Waals surface area contributed by atoms with E-state index in [1.807, 2.05) is 24.3 Å². The van der Waals surface area contributed by atoms with Crippen LogP contribution in [0, 0.1) is 3.57 Å². The van der Waals surface area contributed by atoms with Crippen LogP contribution >= 0.6 is 22.6 Å². The first-order valence-corrected chi connectivity index (χ1v) is 6.43. The van der Waals surface area contributed by atoms with Crippen molar-refractivity contribution in [2.24, 2.45) is 11.6 Å². The first-order valence-electron chi connectivity index (χ1n) is 5.35. The van der Waals surface area contributed by atoms with E-state index in [1.165, 1.54) is 0 Å². The van der Waals surface area contributed by atoms with Crippen molar-refractivity contribution >= 4 is 28.7 Å². The molecule has 2 atom stereocenters. The summed E-state index contributed by atoms with van der Waals surface area (Å²) < 4.78 is 5.99. The Morgan fingerprint density at radius 3 is 2.56 bits per heavy atom. The maximum atomic E-state index is 10.8. The summed E-state index contributed by atoms with van der Waals surface area (Å²) in [5.41, 5.74) is 8.26. The zero-order valence-electron chi connectivity index (χ0n) is 9.67. The molecule has 0 saturated carbocycles. The third-order valence-electron chi connectivity index (χ3n) is 2.37. The molecule has 6 N–H and O–H groups in total. The van der Waals surface area contributed by atoms with Gasteiger partial charge in [0.15, 0.2) is 0 Å². The van der Waals surface area contributed by atoms with E-state index in [4.69, 9.17) is 16.3 Å². The molecule has 100 valence electrons. The van der Waals surface area contributed by atoms with Crippen molar-refractivity contribution in [2.45, 2.75) is 18.6 Å². The van der Waals surface area contributed by atoms with Crippen LogP contribution in [0.3, 0.4) is 0 Å². The van der Waals surface area contributed by atoms with Gasteiger partial charge in [0.1, 0.15) is 12.2 Å². The summed E-state index contributed by atoms with van der Waals surface area (Å²) in [4.78, 5) is 10.8. The fraction of sp³-hybridized carbons (Fsp3) is 0.364. The molecule has 0 aliphatic heterocycles. The highest BCUT2D eigenvalue weighted by molar-refractivity contribution is 14.1. The minimum absolute atomic E-state index is 0.113. The van der Waals surface area contributed by atoms with Crippen LogP contribution in [0.15, 0.2) is 24.3 Å². The second kappa shape index (κ2) is 7.52. The molecule has 0 radical (unpaired) electrons. The lowest BCUT2D eigenvalue weighted by molar-refractivity contribution is 0.00749. The Balaban J connectivity index is 2.70. The van der Waals surface area contributed by atoms with Crippen molar-refractivity contribution in [1.29, 1.82) is 0 Å². The average molecular weight is 365 g/mol. The number of nitrogens with one attached hydrogen (secondary N) is 1. The number of aliphatic hydroxyl groups excluding tert-OH is 1. The number of hydrogen-bond acceptors (Lipinski definition) is 5. The second-order valence-corrected chi connectivity index (χ2v) is 5.03. The van der Waals surface area contributed by atoms with Crippen molar-refractivity contribution in [3.05, 3.63) is 33.4 Å². The van der Waals surface area contributed by atoms with Gasteiger partial charge >= 0.3 is 6.09 Å². The molecule has 0 heterocycles. The van der Waals surface area contributed by atoms with Gasteiger partial charge in [0.2, 0.25) is 0 Å². The number of nitrogens with two attached hydrogens (primary N) is 2. The molecule has 7 heteroatoms. The predicted molar refractivity (Wildman–Crippen MR) is 75.5 cm³/mol. The number of primary amides is 1. The molecule has 1 aromatic rings. The van der Waals surface area contributed by atoms with Crippen molar-refractivity contribution in [3.63, 3.8) is 0 Å². The number of carbonyl (C=O) groups excluding carboxylic acids is 1. The smallest absolute Gasteiger partial charge is 0.404 e. The highest BCUT2D eigenvalue weighted by Gasteiger charge is 2.22. The van der Waals surface area contributed by atoms with E-state index in [-0.39, 0.29) is 6.54 Å². The van der Waals surface area contributed by atoms with Gasteiger partial charge < -0.3 is 15.6 Å². The van der Waals surface area contributed by atoms with Crippen LogP contribution in [0.4, 0.5) is 4.79 Å². The van der Waals surface area contributed by atoms with E-state index >= 15 is 0 Å². The lowest BCUT2D eigenvalue weighted by Gasteiger charge is -2.22. The Bertz CT molecular complexity index is 386. The molecule has 1 amide bonds. The van der Waals surface area contributed by atoms with E-state index in [2.05, 4.69) is 28.0 Å². The SMILES string of the molecule is NNC[C@H](O)[C@H](Cc1ccc(I)cc1)OC(N)=O. The Kier molecular flexibility index (Phi) is 6.33. The van der Waals surface area contributed by atoms with Crippen molar-refractivity contribution in [2.75, 3.05) is 6.54 Å². The number of hydrazine groups is 1. The lowest BCUT2D eigenvalue weighted by Crippen LogP contribution is -2.43. The normalized spacial score (nSPS) is 13.9. The number of benzene rings is 1. The standard InChI is InChI=1S/C11H16IN3O3/c12-8-3-1-7(2-4-8)5-10(18-11(13)17)9(16)6-15-14/h1-4,9-10,15-16H,5-6,14H2,(H2,13,17)/t9-,10-/m0/s1. The summed E-state index contributed by atoms with van der Waals surface area (Å²) in [5.74, 6) is 5.13. The van der Waals surface area contributed by atoms with E-state index < -0.39 is 18.3 Å². The second-order valence-electron chi connectivity index (χ2n) is 3.78. The van der Waals surface area contributed by atoms with E-state index in [9.17, 15) is 9.90 Å². The van der Waals surface area contributed by atoms with Crippen LogP contribution in [-0.4, -0.2) is 30.0 Å². The van der Waals surface area contributed by atoms with Crippen LogP contribution < -0.4 is 17.0 Å². The van der Waals surface area contributed by atoms with Crippen molar-refractivity contribution < 1.29 is 14.6 Å². The largest absolute Gasteiger partial charge is 0.443 e. The molecule has 1 rings (SSSR count). The average Bonchev–Trinajstić information content (AvgIpc) is 2.31. The van der Waals surface area contributed by atoms with Gasteiger partial charge in [0, 0.05) is 16.5 Å². The number of rotatable bonds is 6. The number of ether oxygens (including phenoxy) is 1. The molecule has 18 heavy (non-hydrogen) atoms. The maximum absolute atomic E-state index is 10.8. The molecule has 0 aliphatic carbocycles. The monoisotopic (exact) mass is 365 g/mol. The van der Waals surface area contributed by atoms with Gasteiger partial charge in [-0.25, -0.2) is 4.79 Å². The molecular weight excluding hydrogens is 349 g/mol. The summed E-state index contributed by atoms with van der Waals surface area (Å²) in [6.07, 6.45) is -2.18. The van der Waals surface area contributed by atoms with E-state index in [0.29, 0.717) is 6.42 Å². The molecule has 0 aromatic heterocycles. The minimum Gasteiger partial charge on any atom is -0.443 e. The highest BCUT2D eigenvalue weighted by Crippen LogP contribution is 2.12. The van der Waals surface area contributed by atoms with Gasteiger partial charge in [-0.2, -0.15) is 0 Å². The fourth-order valence-electron chi connectivity index (χ4n) is 1.51. The van der Waals surface area contributed by atoms with Gasteiger partial charge in [-0.3, -0.25) is 11.3 Å². The zero-order valence-corrected chi connectivity index (χ0v) is 11.8.